The van der Waals surface area contributed by atoms with Crippen molar-refractivity contribution in [2.45, 2.75) is 69.8 Å². The molecule has 23 nitrogen and oxygen atoms in total. The Labute approximate surface area is 794 Å². The molecule has 11 heterocycles. The molecule has 10 aromatic heterocycles. The van der Waals surface area contributed by atoms with E-state index in [1.54, 1.807) is 51.2 Å². The molecule has 6 aromatic carbocycles. The molecule has 0 unspecified atom stereocenters. The highest BCUT2D eigenvalue weighted by atomic mass is 79.9. The number of hydrogen-bond donors (Lipinski definition) is 5. The molecule has 0 aliphatic carbocycles. The second-order valence-corrected chi connectivity index (χ2v) is 35.1. The third-order valence-corrected chi connectivity index (χ3v) is 23.3. The summed E-state index contributed by atoms with van der Waals surface area (Å²) in [6.45, 7) is 7.73. The summed E-state index contributed by atoms with van der Waals surface area (Å²) >= 11 is 19.7. The zero-order valence-electron chi connectivity index (χ0n) is 67.5. The Morgan fingerprint density at radius 1 is 0.415 bits per heavy atom. The highest BCUT2D eigenvalue weighted by Gasteiger charge is 2.53. The first-order valence-electron chi connectivity index (χ1n) is 36.6. The molecule has 135 heavy (non-hydrogen) atoms. The molecular weight excluding hydrogens is 2160 g/mol. The van der Waals surface area contributed by atoms with Gasteiger partial charge in [0, 0.05) is 144 Å². The Bertz CT molecular complexity index is 6530. The Morgan fingerprint density at radius 3 is 1.04 bits per heavy atom. The summed E-state index contributed by atoms with van der Waals surface area (Å²) < 4.78 is 317. The fourth-order valence-corrected chi connectivity index (χ4v) is 15.0. The molecule has 0 saturated carbocycles. The van der Waals surface area contributed by atoms with Gasteiger partial charge in [0.15, 0.2) is 32.4 Å². The fraction of sp³-hybridized carbons (Fsp3) is 0.139. The molecule has 0 bridgehead atoms. The number of thiazole rings is 5. The summed E-state index contributed by atoms with van der Waals surface area (Å²) in [5.74, 6) is -8.50. The molecule has 1 aliphatic rings. The summed E-state index contributed by atoms with van der Waals surface area (Å²) in [4.78, 5) is 41.9. The van der Waals surface area contributed by atoms with E-state index >= 15 is 0 Å². The largest absolute Gasteiger partial charge is 0.497 e. The molecule has 16 aromatic rings. The molecule has 56 heteroatoms. The molecule has 17 rings (SSSR count). The van der Waals surface area contributed by atoms with Gasteiger partial charge in [-0.2, -0.15) is 91.3 Å². The lowest BCUT2D eigenvalue weighted by Crippen LogP contribution is -2.41. The van der Waals surface area contributed by atoms with Crippen molar-refractivity contribution in [1.29, 1.82) is 0 Å². The number of aromatic nitrogens is 15. The number of rotatable bonds is 11. The van der Waals surface area contributed by atoms with Gasteiger partial charge in [0.2, 0.25) is 20.5 Å². The maximum Gasteiger partial charge on any atom is 0.497 e. The Morgan fingerprint density at radius 2 is 0.756 bits per heavy atom. The monoisotopic (exact) mass is 2210 g/mol. The van der Waals surface area contributed by atoms with E-state index < -0.39 is 158 Å². The average Bonchev–Trinajstić information content (AvgIpc) is 1.63. The van der Waals surface area contributed by atoms with Gasteiger partial charge in [0.1, 0.15) is 57.7 Å². The average molecular weight is 2220 g/mol. The zero-order valence-corrected chi connectivity index (χ0v) is 77.1. The van der Waals surface area contributed by atoms with E-state index in [1.807, 2.05) is 38.2 Å². The van der Waals surface area contributed by atoms with Crippen LogP contribution in [0.15, 0.2) is 211 Å². The van der Waals surface area contributed by atoms with Crippen LogP contribution >= 0.6 is 116 Å². The van der Waals surface area contributed by atoms with Crippen LogP contribution in [0.25, 0.3) is 53.9 Å². The van der Waals surface area contributed by atoms with E-state index in [0.29, 0.717) is 16.3 Å². The lowest BCUT2D eigenvalue weighted by atomic mass is 9.78. The van der Waals surface area contributed by atoms with E-state index in [4.69, 9.17) is 38.1 Å². The van der Waals surface area contributed by atoms with Crippen molar-refractivity contribution < 1.29 is 120 Å². The van der Waals surface area contributed by atoms with Crippen molar-refractivity contribution in [2.24, 2.45) is 0 Å². The number of carbonyl (C=O) groups is 2. The Hall–Kier alpha value is -11.8. The van der Waals surface area contributed by atoms with Gasteiger partial charge in [-0.15, -0.1) is 56.7 Å². The zero-order chi connectivity index (χ0) is 99.4. The van der Waals surface area contributed by atoms with Crippen molar-refractivity contribution in [1.82, 2.24) is 74.2 Å². The van der Waals surface area contributed by atoms with Gasteiger partial charge in [-0.05, 0) is 178 Å². The number of carbonyl (C=O) groups excluding carboxylic acids is 2. The summed E-state index contributed by atoms with van der Waals surface area (Å²) in [5, 5.41) is 29.3. The van der Waals surface area contributed by atoms with E-state index in [2.05, 4.69) is 104 Å². The summed E-state index contributed by atoms with van der Waals surface area (Å²) in [6.07, 6.45) is -10.1. The summed E-state index contributed by atoms with van der Waals surface area (Å²) in [6, 6.07) is 20.3. The number of hydrogen-bond acceptors (Lipinski definition) is 22. The lowest BCUT2D eigenvalue weighted by Gasteiger charge is -2.32. The number of halogens is 27. The molecule has 710 valence electrons. The third kappa shape index (κ3) is 27.3. The number of nitrogens with zero attached hydrogens (tertiary/aromatic N) is 14. The molecule has 0 radical (unpaired) electrons. The van der Waals surface area contributed by atoms with Gasteiger partial charge in [-0.1, -0.05) is 18.2 Å². The molecule has 8 N–H and O–H groups in total. The van der Waals surface area contributed by atoms with Crippen molar-refractivity contribution in [3.63, 3.8) is 0 Å². The minimum absolute atomic E-state index is 0.0694. The predicted molar refractivity (Wildman–Crippen MR) is 468 cm³/mol. The number of H-pyrrole nitrogens is 1. The van der Waals surface area contributed by atoms with Crippen LogP contribution in [0.1, 0.15) is 76.9 Å². The molecule has 1 aliphatic heterocycles. The van der Waals surface area contributed by atoms with Gasteiger partial charge in [-0.25, -0.2) is 78.8 Å². The molecular formula is C79H53BBr3ClF23N19O4S5. The Balaban J connectivity index is 0.000000166. The maximum atomic E-state index is 14.8. The minimum Gasteiger partial charge on any atom is -0.399 e. The van der Waals surface area contributed by atoms with Crippen LogP contribution < -0.4 is 28.0 Å². The quantitative estimate of drug-likeness (QED) is 0.0348. The number of alkyl halides is 15. The minimum atomic E-state index is -4.88. The molecule has 1 fully saturated rings. The highest BCUT2D eigenvalue weighted by molar-refractivity contribution is 9.11. The van der Waals surface area contributed by atoms with Crippen LogP contribution in [0.2, 0.25) is 0 Å². The first kappa shape index (κ1) is 105. The third-order valence-electron chi connectivity index (χ3n) is 17.6. The highest BCUT2D eigenvalue weighted by Crippen LogP contribution is 2.44. The van der Waals surface area contributed by atoms with E-state index in [9.17, 15) is 111 Å². The molecule has 1 amide bonds. The Kier molecular flexibility index (Phi) is 34.2. The van der Waals surface area contributed by atoms with E-state index in [-0.39, 0.29) is 63.7 Å². The number of aromatic amines is 1. The van der Waals surface area contributed by atoms with Crippen molar-refractivity contribution in [3.8, 4) is 53.9 Å². The fourth-order valence-electron chi connectivity index (χ4n) is 10.9. The number of nitrogen functional groups attached to an aromatic ring is 3. The molecule has 0 atom stereocenters. The van der Waals surface area contributed by atoms with Gasteiger partial charge >= 0.3 is 38.0 Å². The van der Waals surface area contributed by atoms with E-state index in [1.165, 1.54) is 72.7 Å². The first-order chi connectivity index (χ1) is 63.1. The lowest BCUT2D eigenvalue weighted by molar-refractivity contribution is -0.142. The van der Waals surface area contributed by atoms with Crippen LogP contribution in [0.3, 0.4) is 0 Å². The van der Waals surface area contributed by atoms with Gasteiger partial charge in [0.05, 0.1) is 26.3 Å². The number of amides is 1. The van der Waals surface area contributed by atoms with Crippen LogP contribution in [0, 0.1) is 46.5 Å². The van der Waals surface area contributed by atoms with Crippen molar-refractivity contribution >= 4 is 163 Å². The number of nitrogens with one attached hydrogen (secondary N) is 2. The predicted octanol–water partition coefficient (Wildman–Crippen LogP) is 24.4. The number of anilines is 4. The molecule has 0 spiro atoms. The number of nitrogens with two attached hydrogens (primary N) is 3. The SMILES string of the molecule is Brc1nccs1.CC1(C)OB(c2ccc(N)cc2F)OC1(C)C.FC(F)(F)c1[nH]ncc1Br.FC(F)(F)c1nn(-c2nccs2)cc1Br.Nc1ccc(-c2cn(-c3nccs3)nc2C(F)(F)F)c(F)c1.Nc1ccc(-c2cn(-c3nccs3)nc2C(F)(F)F)c(F)c1.O=C(Cl)c1c(F)cccc1F.O=C(Nc1ccc(-c2cn(-c3nccs3)nc2C(F)(F)F)c(F)c1)c1c(F)cccc1F. The topological polar surface area (TPSA) is 307 Å². The van der Waals surface area contributed by atoms with Crippen molar-refractivity contribution in [3.05, 3.63) is 297 Å². The van der Waals surface area contributed by atoms with Gasteiger partial charge < -0.3 is 31.8 Å². The number of benzene rings is 6. The molecule has 1 saturated heterocycles. The summed E-state index contributed by atoms with van der Waals surface area (Å²) in [7, 11) is -0.680. The normalized spacial score (nSPS) is 12.7. The van der Waals surface area contributed by atoms with Crippen LogP contribution in [-0.2, 0) is 40.2 Å². The smallest absolute Gasteiger partial charge is 0.399 e. The van der Waals surface area contributed by atoms with E-state index in [0.717, 1.165) is 148 Å². The summed E-state index contributed by atoms with van der Waals surface area (Å²) in [5.41, 5.74) is 7.06. The first-order valence-corrected chi connectivity index (χ1v) is 43.7. The standard InChI is InChI=1S/C20H10F6N4OS.2C13H8F4N4S.C12H17BFNO2.C7H3BrF3N3S.C7H3ClF2O.C4H2BrF3N2.C3H2BrNS/c21-13-2-1-3-14(22)16(13)18(31)28-10-4-5-11(15(23)8-10)12-9-30(19-27-6-7-32-19)29-17(12)20(24,25)26;2*14-10-5-7(18)1-2-8(10)9-6-21(12-19-3-4-22-12)20-11(9)13(15,16)17;1-11(2)12(3,4)17-13(16-11)9-6-5-8(15)7-10(9)14;8-4-3-14(6-12-1-2-15-6)13-5(4)7(9,10)11;8-7(11)6-4(9)2-1-3-5(6)10;5-2-1-9-10-3(2)4(6,7)8;4-3-5-1-2-6-3/h1-9H,(H,28,31);2*1-6H,18H2;5-7H,15H2,1-4H3;1-3H;1-3H;1H,(H,9,10);1-2H. The second kappa shape index (κ2) is 43.9. The van der Waals surface area contributed by atoms with Crippen LogP contribution in [-0.4, -0.2) is 104 Å². The van der Waals surface area contributed by atoms with Crippen molar-refractivity contribution in [2.75, 3.05) is 22.5 Å². The maximum absolute atomic E-state index is 14.8. The van der Waals surface area contributed by atoms with Gasteiger partial charge in [-0.3, -0.25) is 14.7 Å². The van der Waals surface area contributed by atoms with Gasteiger partial charge in [0.25, 0.3) is 11.1 Å². The second-order valence-electron chi connectivity index (χ2n) is 27.4. The van der Waals surface area contributed by atoms with Crippen LogP contribution in [0.4, 0.5) is 124 Å². The van der Waals surface area contributed by atoms with Crippen LogP contribution in [0.5, 0.6) is 0 Å².